The van der Waals surface area contributed by atoms with Crippen LogP contribution in [0.25, 0.3) is 11.0 Å². The van der Waals surface area contributed by atoms with Crippen LogP contribution in [0.1, 0.15) is 35.8 Å². The molecule has 2 aromatic heterocycles. The number of nitrogens with two attached hydrogens (primary N) is 1. The van der Waals surface area contributed by atoms with Gasteiger partial charge in [-0.2, -0.15) is 0 Å². The minimum atomic E-state index is -4.18. The fourth-order valence-corrected chi connectivity index (χ4v) is 4.56. The Morgan fingerprint density at radius 1 is 1.12 bits per heavy atom. The van der Waals surface area contributed by atoms with Crippen LogP contribution in [-0.4, -0.2) is 28.7 Å². The molecule has 0 bridgehead atoms. The van der Waals surface area contributed by atoms with Crippen molar-refractivity contribution in [1.29, 1.82) is 0 Å². The minimum absolute atomic E-state index is 0.0206. The summed E-state index contributed by atoms with van der Waals surface area (Å²) in [5, 5.41) is 0.434. The number of carbonyl (C=O) groups excluding carboxylic acids is 1. The molecular weight excluding hydrogens is 433 g/mol. The molecule has 164 valence electrons. The van der Waals surface area contributed by atoms with Gasteiger partial charge in [0.2, 0.25) is 0 Å². The maximum atomic E-state index is 14.0. The molecule has 0 fully saturated rings. The van der Waals surface area contributed by atoms with Gasteiger partial charge < -0.3 is 10.3 Å². The first kappa shape index (κ1) is 21.4. The Morgan fingerprint density at radius 3 is 2.59 bits per heavy atom. The van der Waals surface area contributed by atoms with Crippen LogP contribution < -0.4 is 10.5 Å². The molecule has 10 heteroatoms. The number of halogens is 1. The van der Waals surface area contributed by atoms with E-state index in [9.17, 15) is 17.6 Å². The molecule has 4 rings (SSSR count). The predicted molar refractivity (Wildman–Crippen MR) is 119 cm³/mol. The minimum Gasteiger partial charge on any atom is -0.383 e. The average molecular weight is 453 g/mol. The number of ketones is 1. The van der Waals surface area contributed by atoms with E-state index in [1.54, 1.807) is 12.3 Å². The summed E-state index contributed by atoms with van der Waals surface area (Å²) in [7, 11) is -4.18. The van der Waals surface area contributed by atoms with Gasteiger partial charge in [0.15, 0.2) is 5.78 Å². The molecule has 0 atom stereocenters. The molecule has 0 amide bonds. The topological polar surface area (TPSA) is 120 Å². The molecule has 0 aliphatic heterocycles. The fourth-order valence-electron chi connectivity index (χ4n) is 3.43. The zero-order valence-electron chi connectivity index (χ0n) is 17.3. The maximum Gasteiger partial charge on any atom is 0.264 e. The van der Waals surface area contributed by atoms with E-state index in [1.165, 1.54) is 36.7 Å². The average Bonchev–Trinajstić information content (AvgIpc) is 3.14. The van der Waals surface area contributed by atoms with Crippen LogP contribution in [0.5, 0.6) is 0 Å². The van der Waals surface area contributed by atoms with Crippen LogP contribution in [0.2, 0.25) is 0 Å². The van der Waals surface area contributed by atoms with E-state index in [0.717, 1.165) is 12.1 Å². The van der Waals surface area contributed by atoms with Gasteiger partial charge in [0.1, 0.15) is 28.5 Å². The fraction of sp³-hybridized carbons (Fsp3) is 0.136. The van der Waals surface area contributed by atoms with E-state index < -0.39 is 20.7 Å². The SMILES string of the molecule is CC(C)n1cc(C(=O)c2cccc(NS(=O)(=O)c3ccccc3F)c2)c2c(N)ncnc21. The number of aromatic nitrogens is 3. The van der Waals surface area contributed by atoms with Crippen molar-refractivity contribution in [1.82, 2.24) is 14.5 Å². The summed E-state index contributed by atoms with van der Waals surface area (Å²) in [6, 6.07) is 11.0. The van der Waals surface area contributed by atoms with Gasteiger partial charge in [-0.15, -0.1) is 0 Å². The summed E-state index contributed by atoms with van der Waals surface area (Å²) in [5.41, 5.74) is 7.22. The van der Waals surface area contributed by atoms with Gasteiger partial charge in [0.25, 0.3) is 10.0 Å². The molecule has 0 unspecified atom stereocenters. The zero-order valence-corrected chi connectivity index (χ0v) is 18.1. The number of benzene rings is 2. The summed E-state index contributed by atoms with van der Waals surface area (Å²) < 4.78 is 43.3. The Kier molecular flexibility index (Phi) is 5.39. The Bertz CT molecular complexity index is 1450. The number of anilines is 2. The number of hydrogen-bond acceptors (Lipinski definition) is 6. The molecule has 8 nitrogen and oxygen atoms in total. The van der Waals surface area contributed by atoms with Crippen molar-refractivity contribution >= 4 is 38.3 Å². The molecule has 4 aromatic rings. The van der Waals surface area contributed by atoms with Crippen molar-refractivity contribution in [2.24, 2.45) is 0 Å². The van der Waals surface area contributed by atoms with Crippen molar-refractivity contribution in [3.63, 3.8) is 0 Å². The van der Waals surface area contributed by atoms with Gasteiger partial charge in [-0.3, -0.25) is 9.52 Å². The second kappa shape index (κ2) is 8.04. The zero-order chi connectivity index (χ0) is 23.0. The molecule has 2 heterocycles. The third-order valence-electron chi connectivity index (χ3n) is 4.94. The Morgan fingerprint density at radius 2 is 1.88 bits per heavy atom. The Balaban J connectivity index is 1.74. The van der Waals surface area contributed by atoms with Crippen molar-refractivity contribution in [2.45, 2.75) is 24.8 Å². The number of nitrogens with zero attached hydrogens (tertiary/aromatic N) is 3. The molecule has 3 N–H and O–H groups in total. The number of carbonyl (C=O) groups is 1. The van der Waals surface area contributed by atoms with Crippen LogP contribution in [0.15, 0.2) is 66.0 Å². The normalized spacial score (nSPS) is 11.8. The number of nitrogens with one attached hydrogen (secondary N) is 1. The van der Waals surface area contributed by atoms with Crippen LogP contribution in [-0.2, 0) is 10.0 Å². The van der Waals surface area contributed by atoms with Crippen LogP contribution >= 0.6 is 0 Å². The monoisotopic (exact) mass is 453 g/mol. The molecule has 32 heavy (non-hydrogen) atoms. The highest BCUT2D eigenvalue weighted by atomic mass is 32.2. The van der Waals surface area contributed by atoms with Gasteiger partial charge in [-0.1, -0.05) is 24.3 Å². The second-order valence-corrected chi connectivity index (χ2v) is 9.10. The molecule has 0 aliphatic carbocycles. The molecule has 0 saturated carbocycles. The van der Waals surface area contributed by atoms with Crippen LogP contribution in [0, 0.1) is 5.82 Å². The first-order valence-electron chi connectivity index (χ1n) is 9.72. The lowest BCUT2D eigenvalue weighted by atomic mass is 10.0. The molecule has 2 aromatic carbocycles. The number of fused-ring (bicyclic) bond motifs is 1. The second-order valence-electron chi connectivity index (χ2n) is 7.45. The number of nitrogen functional groups attached to an aromatic ring is 1. The van der Waals surface area contributed by atoms with Gasteiger partial charge >= 0.3 is 0 Å². The van der Waals surface area contributed by atoms with Crippen molar-refractivity contribution < 1.29 is 17.6 Å². The van der Waals surface area contributed by atoms with E-state index in [0.29, 0.717) is 16.6 Å². The molecule has 0 radical (unpaired) electrons. The van der Waals surface area contributed by atoms with E-state index in [1.807, 2.05) is 18.4 Å². The third-order valence-corrected chi connectivity index (χ3v) is 6.36. The van der Waals surface area contributed by atoms with Gasteiger partial charge in [-0.25, -0.2) is 22.8 Å². The number of sulfonamides is 1. The smallest absolute Gasteiger partial charge is 0.264 e. The van der Waals surface area contributed by atoms with E-state index >= 15 is 0 Å². The van der Waals surface area contributed by atoms with E-state index in [-0.39, 0.29) is 28.9 Å². The number of rotatable bonds is 6. The first-order valence-corrected chi connectivity index (χ1v) is 11.2. The van der Waals surface area contributed by atoms with Gasteiger partial charge in [-0.05, 0) is 38.1 Å². The standard InChI is InChI=1S/C22H20FN5O3S/c1-13(2)28-11-16(19-21(24)25-12-26-22(19)28)20(29)14-6-5-7-15(10-14)27-32(30,31)18-9-4-3-8-17(18)23/h3-13,27H,1-2H3,(H2,24,25,26). The number of hydrogen-bond donors (Lipinski definition) is 2. The first-order chi connectivity index (χ1) is 15.2. The highest BCUT2D eigenvalue weighted by Crippen LogP contribution is 2.29. The van der Waals surface area contributed by atoms with E-state index in [2.05, 4.69) is 14.7 Å². The third kappa shape index (κ3) is 3.80. The van der Waals surface area contributed by atoms with Crippen LogP contribution in [0.4, 0.5) is 15.9 Å². The molecule has 0 spiro atoms. The Labute approximate surface area is 184 Å². The highest BCUT2D eigenvalue weighted by Gasteiger charge is 2.23. The van der Waals surface area contributed by atoms with Gasteiger partial charge in [0, 0.05) is 23.5 Å². The molecule has 0 aliphatic rings. The van der Waals surface area contributed by atoms with Gasteiger partial charge in [0.05, 0.1) is 10.9 Å². The summed E-state index contributed by atoms with van der Waals surface area (Å²) in [6.45, 7) is 3.90. The highest BCUT2D eigenvalue weighted by molar-refractivity contribution is 7.92. The lowest BCUT2D eigenvalue weighted by molar-refractivity contribution is 0.104. The maximum absolute atomic E-state index is 14.0. The predicted octanol–water partition coefficient (Wildman–Crippen LogP) is 3.77. The largest absolute Gasteiger partial charge is 0.383 e. The van der Waals surface area contributed by atoms with E-state index in [4.69, 9.17) is 5.73 Å². The summed E-state index contributed by atoms with van der Waals surface area (Å²) >= 11 is 0. The summed E-state index contributed by atoms with van der Waals surface area (Å²) in [5.74, 6) is -1.07. The Hall–Kier alpha value is -3.79. The summed E-state index contributed by atoms with van der Waals surface area (Å²) in [6.07, 6.45) is 3.00. The quantitative estimate of drug-likeness (QED) is 0.429. The molecule has 0 saturated heterocycles. The lowest BCUT2D eigenvalue weighted by Gasteiger charge is -2.10. The van der Waals surface area contributed by atoms with Crippen molar-refractivity contribution in [3.05, 3.63) is 78.0 Å². The van der Waals surface area contributed by atoms with Crippen LogP contribution in [0.3, 0.4) is 0 Å². The van der Waals surface area contributed by atoms with Crippen molar-refractivity contribution in [2.75, 3.05) is 10.5 Å². The lowest BCUT2D eigenvalue weighted by Crippen LogP contribution is -2.15. The summed E-state index contributed by atoms with van der Waals surface area (Å²) in [4.78, 5) is 21.1. The van der Waals surface area contributed by atoms with Crippen molar-refractivity contribution in [3.8, 4) is 0 Å². The molecular formula is C22H20FN5O3S.